The summed E-state index contributed by atoms with van der Waals surface area (Å²) >= 11 is 6.05. The summed E-state index contributed by atoms with van der Waals surface area (Å²) < 4.78 is 0. The first-order valence-electron chi connectivity index (χ1n) is 5.95. The van der Waals surface area contributed by atoms with Gasteiger partial charge in [-0.05, 0) is 37.1 Å². The summed E-state index contributed by atoms with van der Waals surface area (Å²) in [5, 5.41) is 0. The highest BCUT2D eigenvalue weighted by Crippen LogP contribution is 2.42. The van der Waals surface area contributed by atoms with Crippen LogP contribution in [0.2, 0.25) is 0 Å². The van der Waals surface area contributed by atoms with E-state index < -0.39 is 0 Å². The molecule has 0 spiro atoms. The Morgan fingerprint density at radius 3 is 2.64 bits per heavy atom. The first kappa shape index (κ1) is 10.8. The molecule has 0 radical (unpaired) electrons. The van der Waals surface area contributed by atoms with Crippen molar-refractivity contribution in [3.8, 4) is 0 Å². The van der Waals surface area contributed by atoms with Crippen LogP contribution in [0.4, 0.5) is 0 Å². The van der Waals surface area contributed by atoms with Gasteiger partial charge in [0.2, 0.25) is 0 Å². The minimum Gasteiger partial charge on any atom is -0.298 e. The Kier molecular flexibility index (Phi) is 3.09. The summed E-state index contributed by atoms with van der Waals surface area (Å²) in [6.45, 7) is 7.34. The van der Waals surface area contributed by atoms with E-state index in [0.717, 1.165) is 11.8 Å². The van der Waals surface area contributed by atoms with Gasteiger partial charge in [-0.25, -0.2) is 0 Å². The highest BCUT2D eigenvalue weighted by molar-refractivity contribution is 6.18. The summed E-state index contributed by atoms with van der Waals surface area (Å²) in [6.07, 6.45) is 5.62. The van der Waals surface area contributed by atoms with Crippen molar-refractivity contribution >= 4 is 11.6 Å². The second-order valence-electron chi connectivity index (χ2n) is 5.62. The molecule has 2 heteroatoms. The third kappa shape index (κ3) is 1.94. The first-order valence-corrected chi connectivity index (χ1v) is 6.48. The van der Waals surface area contributed by atoms with Crippen LogP contribution >= 0.6 is 11.6 Å². The predicted molar refractivity (Wildman–Crippen MR) is 61.8 cm³/mol. The normalized spacial score (nSPS) is 37.1. The van der Waals surface area contributed by atoms with E-state index in [4.69, 9.17) is 11.6 Å². The molecule has 1 aliphatic carbocycles. The van der Waals surface area contributed by atoms with Gasteiger partial charge in [-0.1, -0.05) is 20.3 Å². The molecule has 0 aromatic rings. The van der Waals surface area contributed by atoms with Crippen LogP contribution in [0.25, 0.3) is 0 Å². The third-order valence-corrected chi connectivity index (χ3v) is 4.62. The number of hydrogen-bond donors (Lipinski definition) is 0. The molecule has 14 heavy (non-hydrogen) atoms. The standard InChI is InChI=1S/C12H22ClN/c1-10-4-7-14(11(10)8-13)9-12(2)5-3-6-12/h10-11H,3-9H2,1-2H3. The van der Waals surface area contributed by atoms with Crippen molar-refractivity contribution in [2.45, 2.75) is 45.6 Å². The minimum absolute atomic E-state index is 0.619. The summed E-state index contributed by atoms with van der Waals surface area (Å²) in [7, 11) is 0. The highest BCUT2D eigenvalue weighted by Gasteiger charge is 2.38. The quantitative estimate of drug-likeness (QED) is 0.654. The number of alkyl halides is 1. The van der Waals surface area contributed by atoms with Crippen LogP contribution in [0.15, 0.2) is 0 Å². The van der Waals surface area contributed by atoms with Gasteiger partial charge in [0.15, 0.2) is 0 Å². The van der Waals surface area contributed by atoms with Crippen LogP contribution in [0.3, 0.4) is 0 Å². The molecule has 2 aliphatic rings. The molecular formula is C12H22ClN. The highest BCUT2D eigenvalue weighted by atomic mass is 35.5. The van der Waals surface area contributed by atoms with Gasteiger partial charge in [-0.3, -0.25) is 4.90 Å². The Labute approximate surface area is 92.8 Å². The van der Waals surface area contributed by atoms with Crippen molar-refractivity contribution in [1.29, 1.82) is 0 Å². The fourth-order valence-corrected chi connectivity index (χ4v) is 3.46. The van der Waals surface area contributed by atoms with Gasteiger partial charge in [0.1, 0.15) is 0 Å². The van der Waals surface area contributed by atoms with Crippen LogP contribution in [-0.2, 0) is 0 Å². The molecule has 1 nitrogen and oxygen atoms in total. The van der Waals surface area contributed by atoms with E-state index in [1.165, 1.54) is 38.8 Å². The average molecular weight is 216 g/mol. The average Bonchev–Trinajstić information content (AvgIpc) is 2.44. The molecule has 2 unspecified atom stereocenters. The third-order valence-electron chi connectivity index (χ3n) is 4.30. The molecule has 2 atom stereocenters. The van der Waals surface area contributed by atoms with E-state index in [1.54, 1.807) is 0 Å². The van der Waals surface area contributed by atoms with Crippen molar-refractivity contribution in [1.82, 2.24) is 4.90 Å². The second kappa shape index (κ2) is 4.02. The number of halogens is 1. The van der Waals surface area contributed by atoms with E-state index in [2.05, 4.69) is 18.7 Å². The van der Waals surface area contributed by atoms with Crippen molar-refractivity contribution in [3.05, 3.63) is 0 Å². The maximum atomic E-state index is 6.05. The molecule has 2 fully saturated rings. The zero-order valence-electron chi connectivity index (χ0n) is 9.43. The molecule has 0 amide bonds. The number of likely N-dealkylation sites (tertiary alicyclic amines) is 1. The lowest BCUT2D eigenvalue weighted by Gasteiger charge is -2.43. The predicted octanol–water partition coefficient (Wildman–Crippen LogP) is 3.13. The van der Waals surface area contributed by atoms with E-state index in [1.807, 2.05) is 0 Å². The fraction of sp³-hybridized carbons (Fsp3) is 1.00. The molecule has 1 saturated heterocycles. The lowest BCUT2D eigenvalue weighted by atomic mass is 9.70. The molecule has 0 aromatic heterocycles. The maximum absolute atomic E-state index is 6.05. The largest absolute Gasteiger partial charge is 0.298 e. The smallest absolute Gasteiger partial charge is 0.0382 e. The molecular weight excluding hydrogens is 194 g/mol. The molecule has 82 valence electrons. The zero-order chi connectivity index (χ0) is 10.2. The van der Waals surface area contributed by atoms with E-state index in [-0.39, 0.29) is 0 Å². The fourth-order valence-electron chi connectivity index (χ4n) is 2.96. The first-order chi connectivity index (χ1) is 6.64. The van der Waals surface area contributed by atoms with Crippen LogP contribution in [0, 0.1) is 11.3 Å². The molecule has 0 bridgehead atoms. The summed E-state index contributed by atoms with van der Waals surface area (Å²) in [5.41, 5.74) is 0.619. The van der Waals surface area contributed by atoms with Gasteiger partial charge >= 0.3 is 0 Å². The van der Waals surface area contributed by atoms with Gasteiger partial charge in [0, 0.05) is 18.5 Å². The van der Waals surface area contributed by atoms with Crippen LogP contribution in [0.1, 0.15) is 39.5 Å². The van der Waals surface area contributed by atoms with Crippen LogP contribution < -0.4 is 0 Å². The molecule has 1 aliphatic heterocycles. The second-order valence-corrected chi connectivity index (χ2v) is 5.93. The lowest BCUT2D eigenvalue weighted by Crippen LogP contribution is -2.44. The summed E-state index contributed by atoms with van der Waals surface area (Å²) in [4.78, 5) is 2.64. The monoisotopic (exact) mass is 215 g/mol. The van der Waals surface area contributed by atoms with Gasteiger partial charge in [0.05, 0.1) is 0 Å². The van der Waals surface area contributed by atoms with Crippen molar-refractivity contribution in [2.24, 2.45) is 11.3 Å². The van der Waals surface area contributed by atoms with Crippen LogP contribution in [0.5, 0.6) is 0 Å². The minimum atomic E-state index is 0.619. The van der Waals surface area contributed by atoms with Gasteiger partial charge in [0.25, 0.3) is 0 Å². The van der Waals surface area contributed by atoms with E-state index in [0.29, 0.717) is 11.5 Å². The Balaban J connectivity index is 1.91. The summed E-state index contributed by atoms with van der Waals surface area (Å²) in [5.74, 6) is 1.62. The molecule has 1 heterocycles. The maximum Gasteiger partial charge on any atom is 0.0382 e. The molecule has 1 saturated carbocycles. The SMILES string of the molecule is CC1CCN(CC2(C)CCC2)C1CCl. The van der Waals surface area contributed by atoms with Crippen molar-refractivity contribution < 1.29 is 0 Å². The van der Waals surface area contributed by atoms with Gasteiger partial charge in [-0.2, -0.15) is 0 Å². The number of hydrogen-bond acceptors (Lipinski definition) is 1. The Hall–Kier alpha value is 0.250. The summed E-state index contributed by atoms with van der Waals surface area (Å²) in [6, 6.07) is 0.647. The van der Waals surface area contributed by atoms with Crippen LogP contribution in [-0.4, -0.2) is 29.9 Å². The number of rotatable bonds is 3. The Morgan fingerprint density at radius 2 is 2.14 bits per heavy atom. The molecule has 2 rings (SSSR count). The topological polar surface area (TPSA) is 3.24 Å². The van der Waals surface area contributed by atoms with E-state index in [9.17, 15) is 0 Å². The van der Waals surface area contributed by atoms with Gasteiger partial charge in [-0.15, -0.1) is 11.6 Å². The molecule has 0 aromatic carbocycles. The molecule has 0 N–H and O–H groups in total. The zero-order valence-corrected chi connectivity index (χ0v) is 10.2. The lowest BCUT2D eigenvalue weighted by molar-refractivity contribution is 0.0786. The van der Waals surface area contributed by atoms with E-state index >= 15 is 0 Å². The van der Waals surface area contributed by atoms with Gasteiger partial charge < -0.3 is 0 Å². The Morgan fingerprint density at radius 1 is 1.43 bits per heavy atom. The van der Waals surface area contributed by atoms with Crippen molar-refractivity contribution in [2.75, 3.05) is 19.0 Å². The number of nitrogens with zero attached hydrogens (tertiary/aromatic N) is 1. The Bertz CT molecular complexity index is 200. The van der Waals surface area contributed by atoms with Crippen molar-refractivity contribution in [3.63, 3.8) is 0 Å².